The number of rotatable bonds is 4. The molecule has 0 unspecified atom stereocenters. The quantitative estimate of drug-likeness (QED) is 0.847. The van der Waals surface area contributed by atoms with Crippen molar-refractivity contribution >= 4 is 11.6 Å². The van der Waals surface area contributed by atoms with Gasteiger partial charge in [-0.2, -0.15) is 10.2 Å². The lowest BCUT2D eigenvalue weighted by Gasteiger charge is -2.37. The van der Waals surface area contributed by atoms with Crippen molar-refractivity contribution < 1.29 is 9.53 Å². The molecule has 1 atom stereocenters. The van der Waals surface area contributed by atoms with Crippen LogP contribution in [0.4, 0.5) is 5.69 Å². The fourth-order valence-corrected chi connectivity index (χ4v) is 3.94. The predicted octanol–water partition coefficient (Wildman–Crippen LogP) is 3.28. The second-order valence-electron chi connectivity index (χ2n) is 7.77. The van der Waals surface area contributed by atoms with Gasteiger partial charge in [0.15, 0.2) is 5.75 Å². The molecule has 1 aliphatic heterocycles. The van der Waals surface area contributed by atoms with E-state index in [4.69, 9.17) is 4.74 Å². The Morgan fingerprint density at radius 3 is 2.46 bits per heavy atom. The van der Waals surface area contributed by atoms with E-state index in [1.54, 1.807) is 17.2 Å². The summed E-state index contributed by atoms with van der Waals surface area (Å²) in [6, 6.07) is 4.29. The summed E-state index contributed by atoms with van der Waals surface area (Å²) >= 11 is 0. The molecule has 0 bridgehead atoms. The van der Waals surface area contributed by atoms with E-state index in [-0.39, 0.29) is 24.0 Å². The van der Waals surface area contributed by atoms with E-state index in [0.29, 0.717) is 0 Å². The molecule has 1 aromatic carbocycles. The average molecular weight is 352 g/mol. The Labute approximate surface area is 153 Å². The summed E-state index contributed by atoms with van der Waals surface area (Å²) in [4.78, 5) is 16.5. The Hall–Kier alpha value is -2.37. The lowest BCUT2D eigenvalue weighted by molar-refractivity contribution is -0.120. The molecular formula is C20H24N4O2. The minimum Gasteiger partial charge on any atom is -0.488 e. The standard InChI is InChI=1S/C20H24N4O2/c1-13-5-8-16-17(23(13)20(25)14-6-7-14)9-10-18(24-21-11-12-22-24)19(16)26-15-3-2-4-15/h9-15H,2-8H2,1H3/t13-/m0/s1. The van der Waals surface area contributed by atoms with Gasteiger partial charge in [0.2, 0.25) is 5.91 Å². The number of carbonyl (C=O) groups excluding carboxylic acids is 1. The largest absolute Gasteiger partial charge is 0.488 e. The molecule has 2 fully saturated rings. The summed E-state index contributed by atoms with van der Waals surface area (Å²) in [6.45, 7) is 2.15. The van der Waals surface area contributed by atoms with Crippen LogP contribution in [0.25, 0.3) is 5.69 Å². The van der Waals surface area contributed by atoms with Gasteiger partial charge in [-0.15, -0.1) is 4.80 Å². The second kappa shape index (κ2) is 6.11. The summed E-state index contributed by atoms with van der Waals surface area (Å²) < 4.78 is 6.40. The number of fused-ring (bicyclic) bond motifs is 1. The van der Waals surface area contributed by atoms with Crippen LogP contribution in [0, 0.1) is 5.92 Å². The Kier molecular flexibility index (Phi) is 3.72. The molecule has 26 heavy (non-hydrogen) atoms. The van der Waals surface area contributed by atoms with Crippen LogP contribution in [0.3, 0.4) is 0 Å². The SMILES string of the molecule is C[C@H]1CCc2c(ccc(-n3nccn3)c2OC2CCC2)N1C(=O)C1CC1. The van der Waals surface area contributed by atoms with Crippen molar-refractivity contribution in [3.8, 4) is 11.4 Å². The maximum Gasteiger partial charge on any atom is 0.230 e. The fraction of sp³-hybridized carbons (Fsp3) is 0.550. The number of carbonyl (C=O) groups is 1. The van der Waals surface area contributed by atoms with Crippen LogP contribution >= 0.6 is 0 Å². The van der Waals surface area contributed by atoms with E-state index >= 15 is 0 Å². The Morgan fingerprint density at radius 2 is 1.81 bits per heavy atom. The average Bonchev–Trinajstić information content (AvgIpc) is 3.32. The highest BCUT2D eigenvalue weighted by atomic mass is 16.5. The van der Waals surface area contributed by atoms with Crippen molar-refractivity contribution in [2.45, 2.75) is 64.0 Å². The third-order valence-corrected chi connectivity index (χ3v) is 5.86. The van der Waals surface area contributed by atoms with Crippen LogP contribution in [0.1, 0.15) is 51.0 Å². The van der Waals surface area contributed by atoms with Gasteiger partial charge in [0, 0.05) is 17.5 Å². The Bertz CT molecular complexity index is 825. The molecule has 136 valence electrons. The summed E-state index contributed by atoms with van der Waals surface area (Å²) in [7, 11) is 0. The zero-order valence-electron chi connectivity index (χ0n) is 15.1. The van der Waals surface area contributed by atoms with Gasteiger partial charge < -0.3 is 9.64 Å². The first-order valence-electron chi connectivity index (χ1n) is 9.74. The van der Waals surface area contributed by atoms with Crippen molar-refractivity contribution in [1.82, 2.24) is 15.0 Å². The van der Waals surface area contributed by atoms with Crippen LogP contribution in [-0.4, -0.2) is 33.0 Å². The highest BCUT2D eigenvalue weighted by molar-refractivity contribution is 5.98. The third kappa shape index (κ3) is 2.59. The van der Waals surface area contributed by atoms with Gasteiger partial charge >= 0.3 is 0 Å². The van der Waals surface area contributed by atoms with Gasteiger partial charge in [-0.3, -0.25) is 4.79 Å². The molecule has 6 nitrogen and oxygen atoms in total. The third-order valence-electron chi connectivity index (χ3n) is 5.86. The monoisotopic (exact) mass is 352 g/mol. The van der Waals surface area contributed by atoms with Crippen LogP contribution in [0.2, 0.25) is 0 Å². The van der Waals surface area contributed by atoms with Gasteiger partial charge in [0.1, 0.15) is 5.69 Å². The minimum absolute atomic E-state index is 0.215. The molecule has 3 aliphatic rings. The van der Waals surface area contributed by atoms with E-state index in [1.807, 2.05) is 11.0 Å². The van der Waals surface area contributed by atoms with Gasteiger partial charge in [0.25, 0.3) is 0 Å². The molecule has 5 rings (SSSR count). The lowest BCUT2D eigenvalue weighted by Crippen LogP contribution is -2.43. The highest BCUT2D eigenvalue weighted by Crippen LogP contribution is 2.44. The predicted molar refractivity (Wildman–Crippen MR) is 97.6 cm³/mol. The van der Waals surface area contributed by atoms with Crippen molar-refractivity contribution in [3.05, 3.63) is 30.1 Å². The normalized spacial score (nSPS) is 22.7. The smallest absolute Gasteiger partial charge is 0.230 e. The maximum absolute atomic E-state index is 12.9. The Balaban J connectivity index is 1.61. The first kappa shape index (κ1) is 15.9. The Morgan fingerprint density at radius 1 is 1.08 bits per heavy atom. The molecule has 0 saturated heterocycles. The van der Waals surface area contributed by atoms with Crippen LogP contribution in [0.15, 0.2) is 24.5 Å². The molecule has 0 spiro atoms. The second-order valence-corrected chi connectivity index (χ2v) is 7.77. The summed E-state index contributed by atoms with van der Waals surface area (Å²) in [5.41, 5.74) is 3.03. The summed E-state index contributed by atoms with van der Waals surface area (Å²) in [5, 5.41) is 8.60. The fourth-order valence-electron chi connectivity index (χ4n) is 3.94. The van der Waals surface area contributed by atoms with E-state index in [0.717, 1.165) is 61.2 Å². The van der Waals surface area contributed by atoms with Gasteiger partial charge in [-0.25, -0.2) is 0 Å². The molecule has 1 amide bonds. The number of ether oxygens (including phenoxy) is 1. The van der Waals surface area contributed by atoms with E-state index in [1.165, 1.54) is 6.42 Å². The first-order chi connectivity index (χ1) is 12.7. The molecule has 2 heterocycles. The molecular weight excluding hydrogens is 328 g/mol. The van der Waals surface area contributed by atoms with E-state index in [9.17, 15) is 4.79 Å². The zero-order valence-corrected chi connectivity index (χ0v) is 15.1. The molecule has 2 saturated carbocycles. The number of nitrogens with zero attached hydrogens (tertiary/aromatic N) is 4. The topological polar surface area (TPSA) is 60.2 Å². The maximum atomic E-state index is 12.9. The molecule has 2 aliphatic carbocycles. The lowest BCUT2D eigenvalue weighted by atomic mass is 9.93. The van der Waals surface area contributed by atoms with Gasteiger partial charge in [0.05, 0.1) is 24.2 Å². The van der Waals surface area contributed by atoms with Crippen LogP contribution < -0.4 is 9.64 Å². The highest BCUT2D eigenvalue weighted by Gasteiger charge is 2.39. The van der Waals surface area contributed by atoms with Crippen molar-refractivity contribution in [2.24, 2.45) is 5.92 Å². The molecule has 1 aromatic heterocycles. The van der Waals surface area contributed by atoms with Crippen LogP contribution in [-0.2, 0) is 11.2 Å². The number of anilines is 1. The zero-order chi connectivity index (χ0) is 17.7. The minimum atomic E-state index is 0.215. The number of amides is 1. The van der Waals surface area contributed by atoms with E-state index < -0.39 is 0 Å². The molecule has 2 aromatic rings. The van der Waals surface area contributed by atoms with E-state index in [2.05, 4.69) is 23.2 Å². The van der Waals surface area contributed by atoms with Crippen molar-refractivity contribution in [3.63, 3.8) is 0 Å². The van der Waals surface area contributed by atoms with Crippen LogP contribution in [0.5, 0.6) is 5.75 Å². The number of hydrogen-bond acceptors (Lipinski definition) is 4. The molecule has 6 heteroatoms. The summed E-state index contributed by atoms with van der Waals surface area (Å²) in [5.74, 6) is 1.36. The van der Waals surface area contributed by atoms with Gasteiger partial charge in [-0.1, -0.05) is 0 Å². The number of benzene rings is 1. The molecule has 0 N–H and O–H groups in total. The molecule has 0 radical (unpaired) electrons. The summed E-state index contributed by atoms with van der Waals surface area (Å²) in [6.07, 6.45) is 11.0. The number of hydrogen-bond donors (Lipinski definition) is 0. The van der Waals surface area contributed by atoms with Crippen molar-refractivity contribution in [2.75, 3.05) is 4.90 Å². The number of aromatic nitrogens is 3. The van der Waals surface area contributed by atoms with Crippen molar-refractivity contribution in [1.29, 1.82) is 0 Å². The first-order valence-corrected chi connectivity index (χ1v) is 9.74. The van der Waals surface area contributed by atoms with Gasteiger partial charge in [-0.05, 0) is 64.0 Å².